The van der Waals surface area contributed by atoms with Crippen molar-refractivity contribution < 1.29 is 9.47 Å². The van der Waals surface area contributed by atoms with Gasteiger partial charge in [-0.2, -0.15) is 0 Å². The molecule has 19 heavy (non-hydrogen) atoms. The maximum atomic E-state index is 6.18. The average molecular weight is 263 g/mol. The summed E-state index contributed by atoms with van der Waals surface area (Å²) in [4.78, 5) is 0. The highest BCUT2D eigenvalue weighted by molar-refractivity contribution is 5.20. The zero-order chi connectivity index (χ0) is 13.3. The van der Waals surface area contributed by atoms with Crippen LogP contribution in [-0.4, -0.2) is 25.4 Å². The van der Waals surface area contributed by atoms with E-state index in [9.17, 15) is 0 Å². The van der Waals surface area contributed by atoms with E-state index in [1.807, 2.05) is 30.3 Å². The molecule has 1 aliphatic carbocycles. The Bertz CT molecular complexity index is 342. The second kappa shape index (κ2) is 8.18. The van der Waals surface area contributed by atoms with Crippen molar-refractivity contribution >= 4 is 0 Å². The maximum Gasteiger partial charge on any atom is 0.119 e. The van der Waals surface area contributed by atoms with Crippen LogP contribution >= 0.6 is 0 Å². The third-order valence-electron chi connectivity index (χ3n) is 3.68. The minimum Gasteiger partial charge on any atom is -0.491 e. The van der Waals surface area contributed by atoms with Gasteiger partial charge in [0.25, 0.3) is 0 Å². The Labute approximate surface area is 116 Å². The SMILES string of the molecule is NC1CCCCCCC1OCCOc1ccccc1. The molecular weight excluding hydrogens is 238 g/mol. The van der Waals surface area contributed by atoms with Crippen LogP contribution in [0.2, 0.25) is 0 Å². The first kappa shape index (κ1) is 14.4. The van der Waals surface area contributed by atoms with Crippen molar-refractivity contribution in [3.05, 3.63) is 30.3 Å². The van der Waals surface area contributed by atoms with Crippen molar-refractivity contribution in [2.75, 3.05) is 13.2 Å². The van der Waals surface area contributed by atoms with Crippen LogP contribution in [0.5, 0.6) is 5.75 Å². The number of hydrogen-bond acceptors (Lipinski definition) is 3. The topological polar surface area (TPSA) is 44.5 Å². The smallest absolute Gasteiger partial charge is 0.119 e. The van der Waals surface area contributed by atoms with Crippen LogP contribution in [0.4, 0.5) is 0 Å². The van der Waals surface area contributed by atoms with Crippen molar-refractivity contribution in [3.8, 4) is 5.75 Å². The van der Waals surface area contributed by atoms with Crippen LogP contribution in [0.25, 0.3) is 0 Å². The second-order valence-electron chi connectivity index (χ2n) is 5.23. The van der Waals surface area contributed by atoms with E-state index in [-0.39, 0.29) is 12.1 Å². The lowest BCUT2D eigenvalue weighted by Gasteiger charge is -2.26. The van der Waals surface area contributed by atoms with Crippen molar-refractivity contribution in [2.45, 2.75) is 50.7 Å². The van der Waals surface area contributed by atoms with Gasteiger partial charge in [0.05, 0.1) is 12.7 Å². The largest absolute Gasteiger partial charge is 0.491 e. The molecule has 1 aromatic rings. The quantitative estimate of drug-likeness (QED) is 0.830. The van der Waals surface area contributed by atoms with Crippen LogP contribution in [-0.2, 0) is 4.74 Å². The summed E-state index contributed by atoms with van der Waals surface area (Å²) < 4.78 is 11.5. The fraction of sp³-hybridized carbons (Fsp3) is 0.625. The third kappa shape index (κ3) is 5.21. The first-order valence-electron chi connectivity index (χ1n) is 7.41. The monoisotopic (exact) mass is 263 g/mol. The minimum absolute atomic E-state index is 0.192. The average Bonchev–Trinajstić information content (AvgIpc) is 2.43. The van der Waals surface area contributed by atoms with E-state index in [0.29, 0.717) is 13.2 Å². The van der Waals surface area contributed by atoms with E-state index in [1.165, 1.54) is 25.7 Å². The van der Waals surface area contributed by atoms with Crippen LogP contribution in [0.3, 0.4) is 0 Å². The summed E-state index contributed by atoms with van der Waals surface area (Å²) in [5.41, 5.74) is 6.18. The van der Waals surface area contributed by atoms with Gasteiger partial charge >= 0.3 is 0 Å². The summed E-state index contributed by atoms with van der Waals surface area (Å²) in [6.07, 6.45) is 7.49. The first-order valence-corrected chi connectivity index (χ1v) is 7.41. The van der Waals surface area contributed by atoms with E-state index < -0.39 is 0 Å². The number of benzene rings is 1. The molecule has 3 nitrogen and oxygen atoms in total. The summed E-state index contributed by atoms with van der Waals surface area (Å²) in [5.74, 6) is 0.896. The molecule has 1 fully saturated rings. The highest BCUT2D eigenvalue weighted by Crippen LogP contribution is 2.19. The highest BCUT2D eigenvalue weighted by Gasteiger charge is 2.19. The first-order chi connectivity index (χ1) is 9.36. The zero-order valence-electron chi connectivity index (χ0n) is 11.6. The highest BCUT2D eigenvalue weighted by atomic mass is 16.5. The number of para-hydroxylation sites is 1. The standard InChI is InChI=1S/C16H25NO2/c17-15-10-6-1-2-7-11-16(15)19-13-12-18-14-8-4-3-5-9-14/h3-5,8-9,15-16H,1-2,6-7,10-13,17H2. The summed E-state index contributed by atoms with van der Waals surface area (Å²) in [7, 11) is 0. The lowest BCUT2D eigenvalue weighted by Crippen LogP contribution is -2.38. The van der Waals surface area contributed by atoms with Gasteiger partial charge in [-0.15, -0.1) is 0 Å². The molecule has 0 aromatic heterocycles. The van der Waals surface area contributed by atoms with Crippen molar-refractivity contribution in [1.82, 2.24) is 0 Å². The molecule has 0 spiro atoms. The van der Waals surface area contributed by atoms with E-state index >= 15 is 0 Å². The Kier molecular flexibility index (Phi) is 6.18. The van der Waals surface area contributed by atoms with E-state index in [1.54, 1.807) is 0 Å². The normalized spacial score (nSPS) is 24.5. The van der Waals surface area contributed by atoms with Crippen LogP contribution < -0.4 is 10.5 Å². The zero-order valence-corrected chi connectivity index (χ0v) is 11.6. The fourth-order valence-electron chi connectivity index (χ4n) is 2.56. The number of nitrogens with two attached hydrogens (primary N) is 1. The predicted octanol–water partition coefficient (Wildman–Crippen LogP) is 3.13. The lowest BCUT2D eigenvalue weighted by atomic mass is 9.95. The Morgan fingerprint density at radius 2 is 1.68 bits per heavy atom. The molecule has 2 unspecified atom stereocenters. The lowest BCUT2D eigenvalue weighted by molar-refractivity contribution is 0.00814. The second-order valence-corrected chi connectivity index (χ2v) is 5.23. The van der Waals surface area contributed by atoms with Crippen molar-refractivity contribution in [1.29, 1.82) is 0 Å². The molecule has 0 aliphatic heterocycles. The van der Waals surface area contributed by atoms with E-state index in [4.69, 9.17) is 15.2 Å². The van der Waals surface area contributed by atoms with Gasteiger partial charge in [0.15, 0.2) is 0 Å². The fourth-order valence-corrected chi connectivity index (χ4v) is 2.56. The maximum absolute atomic E-state index is 6.18. The van der Waals surface area contributed by atoms with Gasteiger partial charge in [-0.3, -0.25) is 0 Å². The van der Waals surface area contributed by atoms with E-state index in [2.05, 4.69) is 0 Å². The summed E-state index contributed by atoms with van der Waals surface area (Å²) in [6, 6.07) is 10.0. The van der Waals surface area contributed by atoms with Crippen molar-refractivity contribution in [3.63, 3.8) is 0 Å². The van der Waals surface area contributed by atoms with Crippen molar-refractivity contribution in [2.24, 2.45) is 5.73 Å². The third-order valence-corrected chi connectivity index (χ3v) is 3.68. The number of rotatable bonds is 5. The minimum atomic E-state index is 0.192. The van der Waals surface area contributed by atoms with Gasteiger partial charge in [0.1, 0.15) is 12.4 Å². The molecule has 2 rings (SSSR count). The van der Waals surface area contributed by atoms with Crippen LogP contribution in [0, 0.1) is 0 Å². The molecule has 1 saturated carbocycles. The Morgan fingerprint density at radius 3 is 2.47 bits per heavy atom. The molecule has 2 atom stereocenters. The van der Waals surface area contributed by atoms with E-state index in [0.717, 1.165) is 18.6 Å². The molecule has 3 heteroatoms. The number of ether oxygens (including phenoxy) is 2. The van der Waals surface area contributed by atoms with Gasteiger partial charge in [-0.1, -0.05) is 43.9 Å². The Morgan fingerprint density at radius 1 is 0.947 bits per heavy atom. The molecule has 1 aromatic carbocycles. The molecule has 0 amide bonds. The molecule has 106 valence electrons. The number of hydrogen-bond donors (Lipinski definition) is 1. The Balaban J connectivity index is 1.66. The molecule has 0 bridgehead atoms. The molecule has 1 aliphatic rings. The molecule has 0 saturated heterocycles. The molecular formula is C16H25NO2. The van der Waals surface area contributed by atoms with Gasteiger partial charge in [-0.25, -0.2) is 0 Å². The van der Waals surface area contributed by atoms with Gasteiger partial charge in [0, 0.05) is 6.04 Å². The van der Waals surface area contributed by atoms with Crippen LogP contribution in [0.1, 0.15) is 38.5 Å². The molecule has 0 radical (unpaired) electrons. The molecule has 2 N–H and O–H groups in total. The summed E-state index contributed by atoms with van der Waals surface area (Å²) in [5, 5.41) is 0. The molecule has 0 heterocycles. The Hall–Kier alpha value is -1.06. The van der Waals surface area contributed by atoms with Gasteiger partial charge in [0.2, 0.25) is 0 Å². The van der Waals surface area contributed by atoms with Crippen LogP contribution in [0.15, 0.2) is 30.3 Å². The summed E-state index contributed by atoms with van der Waals surface area (Å²) >= 11 is 0. The summed E-state index contributed by atoms with van der Waals surface area (Å²) in [6.45, 7) is 1.21. The predicted molar refractivity (Wildman–Crippen MR) is 77.4 cm³/mol. The van der Waals surface area contributed by atoms with Gasteiger partial charge in [-0.05, 0) is 25.0 Å². The van der Waals surface area contributed by atoms with Gasteiger partial charge < -0.3 is 15.2 Å².